The van der Waals surface area contributed by atoms with E-state index in [1.165, 1.54) is 31.3 Å². The summed E-state index contributed by atoms with van der Waals surface area (Å²) in [5.41, 5.74) is 9.20. The van der Waals surface area contributed by atoms with Crippen LogP contribution < -0.4 is 35.1 Å². The molecule has 0 bridgehead atoms. The normalized spacial score (nSPS) is 15.5. The number of nitrogens with one attached hydrogen (secondary N) is 3. The summed E-state index contributed by atoms with van der Waals surface area (Å²) in [5, 5.41) is 5.74. The van der Waals surface area contributed by atoms with Crippen LogP contribution in [0.4, 0.5) is 11.4 Å². The van der Waals surface area contributed by atoms with Crippen LogP contribution in [-0.4, -0.2) is 250 Å². The van der Waals surface area contributed by atoms with Crippen LogP contribution in [0.15, 0.2) is 88.9 Å². The smallest absolute Gasteiger partial charge is 0.257 e. The van der Waals surface area contributed by atoms with Gasteiger partial charge in [-0.3, -0.25) is 43.7 Å². The van der Waals surface area contributed by atoms with Crippen LogP contribution in [0, 0.1) is 0 Å². The zero-order chi connectivity index (χ0) is 69.9. The van der Waals surface area contributed by atoms with E-state index in [1.54, 1.807) is 41.6 Å². The molecule has 1 atom stereocenters. The minimum absolute atomic E-state index is 0.0538. The Labute approximate surface area is 579 Å². The predicted molar refractivity (Wildman–Crippen MR) is 366 cm³/mol. The molecule has 3 aromatic carbocycles. The number of carbonyl (C=O) groups is 5. The maximum atomic E-state index is 13.6. The average molecular weight is 1390 g/mol. The number of hydrogen-bond acceptors (Lipinski definition) is 24. The van der Waals surface area contributed by atoms with E-state index in [1.807, 2.05) is 18.2 Å². The molecule has 0 aromatic heterocycles. The number of amides is 5. The second-order valence-corrected chi connectivity index (χ2v) is 23.0. The fourth-order valence-electron chi connectivity index (χ4n) is 10.3. The van der Waals surface area contributed by atoms with Gasteiger partial charge in [-0.25, -0.2) is 0 Å². The third kappa shape index (κ3) is 29.7. The van der Waals surface area contributed by atoms with Crippen molar-refractivity contribution in [2.45, 2.75) is 70.7 Å². The highest BCUT2D eigenvalue weighted by molar-refractivity contribution is 6.12. The van der Waals surface area contributed by atoms with Gasteiger partial charge in [0, 0.05) is 75.9 Å². The molecule has 3 N–H and O–H groups in total. The van der Waals surface area contributed by atoms with E-state index in [-0.39, 0.29) is 55.4 Å². The minimum atomic E-state index is -0.287. The van der Waals surface area contributed by atoms with Crippen molar-refractivity contribution in [2.24, 2.45) is 9.98 Å². The number of aliphatic imine (C=N–C) groups is 2. The van der Waals surface area contributed by atoms with Crippen molar-refractivity contribution >= 4 is 53.3 Å². The lowest BCUT2D eigenvalue weighted by atomic mass is 10.1. The number of imide groups is 1. The third-order valence-electron chi connectivity index (χ3n) is 15.4. The fraction of sp³-hybridized carbons (Fsp3) is 0.563. The first-order valence-corrected chi connectivity index (χ1v) is 33.8. The molecule has 0 saturated carbocycles. The monoisotopic (exact) mass is 1390 g/mol. The Morgan fingerprint density at radius 3 is 1.54 bits per heavy atom. The van der Waals surface area contributed by atoms with Gasteiger partial charge in [-0.2, -0.15) is 5.48 Å². The number of fused-ring (bicyclic) bond motifs is 3. The highest BCUT2D eigenvalue weighted by atomic mass is 16.7. The highest BCUT2D eigenvalue weighted by Gasteiger charge is 2.34. The number of methoxy groups -OCH3 is 2. The van der Waals surface area contributed by atoms with E-state index in [4.69, 9.17) is 75.9 Å². The summed E-state index contributed by atoms with van der Waals surface area (Å²) in [6.45, 7) is 20.1. The topological polar surface area (TPSA) is 300 Å². The highest BCUT2D eigenvalue weighted by Crippen LogP contribution is 2.40. The van der Waals surface area contributed by atoms with Gasteiger partial charge < -0.3 is 86.6 Å². The summed E-state index contributed by atoms with van der Waals surface area (Å²) in [6.07, 6.45) is 10.7. The quantitative estimate of drug-likeness (QED) is 0.0255. The molecule has 544 valence electrons. The zero-order valence-electron chi connectivity index (χ0n) is 57.4. The summed E-state index contributed by atoms with van der Waals surface area (Å²) in [7, 11) is 3.06. The van der Waals surface area contributed by atoms with Gasteiger partial charge in [-0.05, 0) is 67.0 Å². The molecule has 4 aliphatic rings. The Morgan fingerprint density at radius 2 is 1.02 bits per heavy atom. The molecule has 0 unspecified atom stereocenters. The molecule has 99 heavy (non-hydrogen) atoms. The molecule has 4 aliphatic heterocycles. The van der Waals surface area contributed by atoms with Crippen LogP contribution in [0.3, 0.4) is 0 Å². The van der Waals surface area contributed by atoms with Gasteiger partial charge in [0.25, 0.3) is 23.6 Å². The number of nitrogens with zero attached hydrogens (tertiary/aromatic N) is 4. The van der Waals surface area contributed by atoms with Crippen LogP contribution in [0.2, 0.25) is 0 Å². The standard InChI is InChI=1S/C71H99N7O21/c1-53-9-8-13-72-61-45-65(63(84-3)43-59(61)70(82)75-47-53)97-51-56-40-55(41-57(42-56)52-98-66-46-62-60(44-64(66)85-4)71(83)78-50-54(2)39-58(78)49-74-62)48-76-99-38-37-96-36-35-95-34-33-94-32-31-93-30-29-92-28-27-91-26-25-90-24-23-89-22-21-88-20-19-87-18-17-86-16-14-73-67(79)10-6-5-7-15-77-68(80)11-12-69(77)81/h11-13,40-46,49,58,76H,1-2,5-10,14-39,47-48,50-52H2,3-4H3,(H,73,79)(H,75,82)/b72-13-/t58-/m0/s1. The molecule has 28 nitrogen and oxygen atoms in total. The van der Waals surface area contributed by atoms with Crippen LogP contribution >= 0.6 is 0 Å². The number of ether oxygens (including phenoxy) is 15. The zero-order valence-corrected chi connectivity index (χ0v) is 57.4. The van der Waals surface area contributed by atoms with Crippen LogP contribution in [0.1, 0.15) is 82.4 Å². The molecular formula is C71H99N7O21. The Balaban J connectivity index is 0.649. The molecular weight excluding hydrogens is 1290 g/mol. The lowest BCUT2D eigenvalue weighted by molar-refractivity contribution is -0.137. The van der Waals surface area contributed by atoms with E-state index in [9.17, 15) is 24.0 Å². The second kappa shape index (κ2) is 46.7. The van der Waals surface area contributed by atoms with Crippen LogP contribution in [0.5, 0.6) is 23.0 Å². The summed E-state index contributed by atoms with van der Waals surface area (Å²) >= 11 is 0. The molecule has 3 aromatic rings. The predicted octanol–water partition coefficient (Wildman–Crippen LogP) is 5.94. The van der Waals surface area contributed by atoms with Gasteiger partial charge in [0.1, 0.15) is 13.2 Å². The first-order chi connectivity index (χ1) is 48.5. The van der Waals surface area contributed by atoms with Crippen molar-refractivity contribution in [1.82, 2.24) is 25.9 Å². The molecule has 1 saturated heterocycles. The average Bonchev–Trinajstić information content (AvgIpc) is 1.70. The van der Waals surface area contributed by atoms with Gasteiger partial charge in [-0.15, -0.1) is 0 Å². The van der Waals surface area contributed by atoms with Crippen LogP contribution in [-0.2, 0) is 91.1 Å². The Hall–Kier alpha value is -7.55. The van der Waals surface area contributed by atoms with E-state index >= 15 is 0 Å². The van der Waals surface area contributed by atoms with Crippen molar-refractivity contribution in [1.29, 1.82) is 0 Å². The Bertz CT molecular complexity index is 3060. The van der Waals surface area contributed by atoms with Crippen molar-refractivity contribution in [2.75, 3.05) is 192 Å². The lowest BCUT2D eigenvalue weighted by Gasteiger charge is -2.20. The minimum Gasteiger partial charge on any atom is -0.493 e. The molecule has 1 fully saturated rings. The summed E-state index contributed by atoms with van der Waals surface area (Å²) in [6, 6.07) is 12.6. The first-order valence-electron chi connectivity index (χ1n) is 33.8. The van der Waals surface area contributed by atoms with Gasteiger partial charge in [0.15, 0.2) is 23.0 Å². The number of rotatable bonds is 53. The lowest BCUT2D eigenvalue weighted by Crippen LogP contribution is -2.35. The number of hydroxylamine groups is 1. The Kier molecular flexibility index (Phi) is 37.2. The van der Waals surface area contributed by atoms with E-state index < -0.39 is 0 Å². The van der Waals surface area contributed by atoms with Gasteiger partial charge in [-0.1, -0.05) is 42.9 Å². The van der Waals surface area contributed by atoms with Gasteiger partial charge in [0.2, 0.25) is 5.91 Å². The van der Waals surface area contributed by atoms with Crippen LogP contribution in [0.25, 0.3) is 0 Å². The van der Waals surface area contributed by atoms with E-state index in [2.05, 4.69) is 39.3 Å². The van der Waals surface area contributed by atoms with Crippen molar-refractivity contribution in [3.05, 3.63) is 107 Å². The Morgan fingerprint density at radius 1 is 0.545 bits per heavy atom. The third-order valence-corrected chi connectivity index (χ3v) is 15.4. The first kappa shape index (κ1) is 78.8. The van der Waals surface area contributed by atoms with Crippen molar-refractivity contribution < 1.29 is 99.9 Å². The molecule has 0 radical (unpaired) electrons. The van der Waals surface area contributed by atoms with E-state index in [0.29, 0.717) is 262 Å². The summed E-state index contributed by atoms with van der Waals surface area (Å²) in [5.74, 6) is 0.580. The molecule has 28 heteroatoms. The van der Waals surface area contributed by atoms with Gasteiger partial charge >= 0.3 is 0 Å². The molecule has 0 spiro atoms. The van der Waals surface area contributed by atoms with Gasteiger partial charge in [0.05, 0.1) is 195 Å². The largest absolute Gasteiger partial charge is 0.493 e. The summed E-state index contributed by atoms with van der Waals surface area (Å²) < 4.78 is 85.5. The van der Waals surface area contributed by atoms with Crippen molar-refractivity contribution in [3.63, 3.8) is 0 Å². The SMILES string of the molecule is C=C1CC/C=N\c2cc(OCc3cc(CNOCCOCCOCCOCCOCCOCCOCCOCCOCCOCCOCCOCCNC(=O)CCCCCN4C(=O)C=CC4=O)cc(COc4cc5c(cc4OC)C(=O)N4CC(=C)C[C@H]4C=N5)c3)c(OC)cc2C(=O)NC1. The fourth-order valence-corrected chi connectivity index (χ4v) is 10.3. The molecule has 7 rings (SSSR count). The number of unbranched alkanes of at least 4 members (excludes halogenated alkanes) is 2. The summed E-state index contributed by atoms with van der Waals surface area (Å²) in [4.78, 5) is 79.9. The second-order valence-electron chi connectivity index (χ2n) is 23.0. The van der Waals surface area contributed by atoms with E-state index in [0.717, 1.165) is 34.3 Å². The maximum absolute atomic E-state index is 13.6. The number of hydrogen-bond donors (Lipinski definition) is 3. The molecule has 4 heterocycles. The molecule has 5 amide bonds. The van der Waals surface area contributed by atoms with Crippen molar-refractivity contribution in [3.8, 4) is 23.0 Å². The number of benzene rings is 3. The number of carbonyl (C=O) groups excluding carboxylic acids is 5. The maximum Gasteiger partial charge on any atom is 0.257 e. The molecule has 0 aliphatic carbocycles.